The molecule has 0 fully saturated rings. The molecule has 1 aromatic heterocycles. The van der Waals surface area contributed by atoms with Crippen molar-refractivity contribution in [2.75, 3.05) is 4.90 Å². The van der Waals surface area contributed by atoms with E-state index < -0.39 is 8.07 Å². The van der Waals surface area contributed by atoms with E-state index in [1.165, 1.54) is 71.0 Å². The van der Waals surface area contributed by atoms with E-state index in [0.29, 0.717) is 0 Å². The summed E-state index contributed by atoms with van der Waals surface area (Å²) in [7, 11) is -2.05. The van der Waals surface area contributed by atoms with Crippen LogP contribution in [0.2, 0.25) is 13.1 Å². The summed E-state index contributed by atoms with van der Waals surface area (Å²) in [4.78, 5) is 2.42. The molecule has 8 aromatic carbocycles. The Morgan fingerprint density at radius 2 is 1.10 bits per heavy atom. The van der Waals surface area contributed by atoms with E-state index in [0.717, 1.165) is 22.5 Å². The van der Waals surface area contributed by atoms with Crippen LogP contribution in [0.4, 0.5) is 17.1 Å². The third-order valence-electron chi connectivity index (χ3n) is 10.8. The van der Waals surface area contributed by atoms with Crippen LogP contribution >= 0.6 is 0 Å². The zero-order chi connectivity index (χ0) is 34.1. The predicted molar refractivity (Wildman–Crippen MR) is 219 cm³/mol. The summed E-state index contributed by atoms with van der Waals surface area (Å²) in [6, 6.07) is 64.1. The van der Waals surface area contributed by atoms with Gasteiger partial charge in [0.1, 0.15) is 19.2 Å². The predicted octanol–water partition coefficient (Wildman–Crippen LogP) is 12.3. The molecule has 3 heteroatoms. The van der Waals surface area contributed by atoms with Crippen LogP contribution < -0.4 is 15.3 Å². The van der Waals surface area contributed by atoms with Gasteiger partial charge in [-0.1, -0.05) is 134 Å². The van der Waals surface area contributed by atoms with Crippen LogP contribution in [-0.4, -0.2) is 8.07 Å². The second-order valence-corrected chi connectivity index (χ2v) is 18.5. The number of para-hydroxylation sites is 1. The number of rotatable bonds is 5. The Balaban J connectivity index is 1.13. The summed E-state index contributed by atoms with van der Waals surface area (Å²) in [5.41, 5.74) is 12.9. The topological polar surface area (TPSA) is 16.4 Å². The third-order valence-corrected chi connectivity index (χ3v) is 14.4. The van der Waals surface area contributed by atoms with Gasteiger partial charge in [-0.15, -0.1) is 0 Å². The average Bonchev–Trinajstić information content (AvgIpc) is 3.67. The highest BCUT2D eigenvalue weighted by Crippen LogP contribution is 2.43. The largest absolute Gasteiger partial charge is 0.456 e. The lowest BCUT2D eigenvalue weighted by atomic mass is 9.98. The van der Waals surface area contributed by atoms with Crippen molar-refractivity contribution in [3.8, 4) is 33.4 Å². The van der Waals surface area contributed by atoms with Crippen molar-refractivity contribution in [3.05, 3.63) is 176 Å². The zero-order valence-corrected chi connectivity index (χ0v) is 29.6. The molecule has 51 heavy (non-hydrogen) atoms. The summed E-state index contributed by atoms with van der Waals surface area (Å²) in [5, 5.41) is 7.89. The molecule has 0 atom stereocenters. The van der Waals surface area contributed by atoms with Crippen molar-refractivity contribution in [1.82, 2.24) is 0 Å². The first-order chi connectivity index (χ1) is 25.0. The van der Waals surface area contributed by atoms with Gasteiger partial charge < -0.3 is 9.32 Å². The molecular formula is C48H35NOSi. The molecule has 0 radical (unpaired) electrons. The molecule has 242 valence electrons. The standard InChI is InChI=1S/C48H35NOSi/c1-51(2)45-28-27-44-47(41-17-8-9-18-43(41)50-44)48(45)42-26-25-40(31-46(42)51)49(39-16-10-15-36(30-39)32-11-4-3-5-12-32)38-23-21-34(22-24-38)37-20-19-33-13-6-7-14-35(33)29-37/h3-31H,1-2H3. The van der Waals surface area contributed by atoms with Crippen LogP contribution in [0, 0.1) is 0 Å². The molecule has 0 amide bonds. The Labute approximate surface area is 298 Å². The molecule has 1 aliphatic heterocycles. The molecule has 0 bridgehead atoms. The molecule has 0 aliphatic carbocycles. The lowest BCUT2D eigenvalue weighted by Crippen LogP contribution is -2.49. The highest BCUT2D eigenvalue weighted by Gasteiger charge is 2.39. The fourth-order valence-corrected chi connectivity index (χ4v) is 11.3. The summed E-state index contributed by atoms with van der Waals surface area (Å²) in [6.45, 7) is 4.99. The molecule has 0 saturated carbocycles. The van der Waals surface area contributed by atoms with E-state index in [2.05, 4.69) is 194 Å². The molecule has 0 unspecified atom stereocenters. The maximum atomic E-state index is 6.36. The van der Waals surface area contributed by atoms with Gasteiger partial charge in [0.25, 0.3) is 0 Å². The van der Waals surface area contributed by atoms with E-state index in [9.17, 15) is 0 Å². The van der Waals surface area contributed by atoms with Gasteiger partial charge in [-0.05, 0) is 109 Å². The van der Waals surface area contributed by atoms with E-state index >= 15 is 0 Å². The van der Waals surface area contributed by atoms with Crippen molar-refractivity contribution in [2.45, 2.75) is 13.1 Å². The minimum atomic E-state index is -2.05. The second kappa shape index (κ2) is 11.4. The van der Waals surface area contributed by atoms with Crippen LogP contribution in [-0.2, 0) is 0 Å². The Morgan fingerprint density at radius 1 is 0.431 bits per heavy atom. The fourth-order valence-electron chi connectivity index (χ4n) is 8.24. The maximum absolute atomic E-state index is 6.36. The van der Waals surface area contributed by atoms with Gasteiger partial charge in [-0.25, -0.2) is 0 Å². The molecule has 10 rings (SSSR count). The Hall–Kier alpha value is -6.16. The first-order valence-corrected chi connectivity index (χ1v) is 20.7. The second-order valence-electron chi connectivity index (χ2n) is 14.2. The summed E-state index contributed by atoms with van der Waals surface area (Å²) in [5.74, 6) is 0. The van der Waals surface area contributed by atoms with Gasteiger partial charge in [-0.3, -0.25) is 0 Å². The normalized spacial score (nSPS) is 13.1. The van der Waals surface area contributed by atoms with Gasteiger partial charge in [0.2, 0.25) is 0 Å². The third kappa shape index (κ3) is 4.77. The summed E-state index contributed by atoms with van der Waals surface area (Å²) < 4.78 is 6.36. The fraction of sp³-hybridized carbons (Fsp3) is 0.0417. The molecule has 1 aliphatic rings. The van der Waals surface area contributed by atoms with Gasteiger partial charge in [-0.2, -0.15) is 0 Å². The minimum absolute atomic E-state index is 0.946. The summed E-state index contributed by atoms with van der Waals surface area (Å²) >= 11 is 0. The zero-order valence-electron chi connectivity index (χ0n) is 28.6. The number of hydrogen-bond acceptors (Lipinski definition) is 2. The molecular weight excluding hydrogens is 635 g/mol. The van der Waals surface area contributed by atoms with Crippen molar-refractivity contribution in [3.63, 3.8) is 0 Å². The number of benzene rings is 8. The van der Waals surface area contributed by atoms with Gasteiger partial charge in [0.05, 0.1) is 0 Å². The number of anilines is 3. The van der Waals surface area contributed by atoms with Crippen LogP contribution in [0.15, 0.2) is 180 Å². The van der Waals surface area contributed by atoms with E-state index in [4.69, 9.17) is 4.42 Å². The molecule has 0 N–H and O–H groups in total. The first kappa shape index (κ1) is 29.7. The SMILES string of the molecule is C[Si]1(C)c2cc(N(c3ccc(-c4ccc5ccccc5c4)cc3)c3cccc(-c4ccccc4)c3)ccc2-c2c1ccc1oc3ccccc3c21. The van der Waals surface area contributed by atoms with Crippen LogP contribution in [0.3, 0.4) is 0 Å². The van der Waals surface area contributed by atoms with Gasteiger partial charge >= 0.3 is 0 Å². The highest BCUT2D eigenvalue weighted by molar-refractivity contribution is 7.04. The Bertz CT molecular complexity index is 2780. The van der Waals surface area contributed by atoms with Crippen molar-refractivity contribution in [2.24, 2.45) is 0 Å². The lowest BCUT2D eigenvalue weighted by molar-refractivity contribution is 0.669. The highest BCUT2D eigenvalue weighted by atomic mass is 28.3. The Kier molecular flexibility index (Phi) is 6.67. The number of nitrogens with zero attached hydrogens (tertiary/aromatic N) is 1. The lowest BCUT2D eigenvalue weighted by Gasteiger charge is -2.28. The smallest absolute Gasteiger partial charge is 0.136 e. The Morgan fingerprint density at radius 3 is 1.96 bits per heavy atom. The summed E-state index contributed by atoms with van der Waals surface area (Å²) in [6.07, 6.45) is 0. The van der Waals surface area contributed by atoms with Crippen molar-refractivity contribution >= 4 is 68.2 Å². The number of fused-ring (bicyclic) bond motifs is 8. The van der Waals surface area contributed by atoms with Gasteiger partial charge in [0, 0.05) is 27.8 Å². The monoisotopic (exact) mass is 669 g/mol. The molecule has 9 aromatic rings. The molecule has 2 heterocycles. The molecule has 0 saturated heterocycles. The van der Waals surface area contributed by atoms with Crippen LogP contribution in [0.25, 0.3) is 66.1 Å². The molecule has 2 nitrogen and oxygen atoms in total. The quantitative estimate of drug-likeness (QED) is 0.170. The molecule has 0 spiro atoms. The van der Waals surface area contributed by atoms with E-state index in [-0.39, 0.29) is 0 Å². The van der Waals surface area contributed by atoms with Crippen molar-refractivity contribution < 1.29 is 4.42 Å². The van der Waals surface area contributed by atoms with E-state index in [1.807, 2.05) is 0 Å². The minimum Gasteiger partial charge on any atom is -0.456 e. The van der Waals surface area contributed by atoms with Crippen molar-refractivity contribution in [1.29, 1.82) is 0 Å². The number of hydrogen-bond donors (Lipinski definition) is 0. The average molecular weight is 670 g/mol. The van der Waals surface area contributed by atoms with Crippen LogP contribution in [0.1, 0.15) is 0 Å². The maximum Gasteiger partial charge on any atom is 0.136 e. The first-order valence-electron chi connectivity index (χ1n) is 17.7. The van der Waals surface area contributed by atoms with Crippen LogP contribution in [0.5, 0.6) is 0 Å². The van der Waals surface area contributed by atoms with E-state index in [1.54, 1.807) is 0 Å². The van der Waals surface area contributed by atoms with Gasteiger partial charge in [0.15, 0.2) is 0 Å². The number of furan rings is 1.